The lowest BCUT2D eigenvalue weighted by Crippen LogP contribution is -2.31. The lowest BCUT2D eigenvalue weighted by molar-refractivity contribution is 0.669. The van der Waals surface area contributed by atoms with E-state index in [1.807, 2.05) is 24.3 Å². The van der Waals surface area contributed by atoms with Crippen LogP contribution in [0.25, 0.3) is 0 Å². The minimum Gasteiger partial charge on any atom is -0.383 e. The van der Waals surface area contributed by atoms with Crippen molar-refractivity contribution in [3.8, 4) is 0 Å². The highest BCUT2D eigenvalue weighted by Gasteiger charge is 2.01. The Hall–Kier alpha value is -1.53. The molecule has 0 aliphatic carbocycles. The molecule has 0 aliphatic heterocycles. The molecule has 0 aliphatic rings. The first-order valence-electron chi connectivity index (χ1n) is 5.55. The fraction of sp³-hybridized carbons (Fsp3) is 0.167. The van der Waals surface area contributed by atoms with Crippen molar-refractivity contribution >= 4 is 33.2 Å². The monoisotopic (exact) mass is 343 g/mol. The van der Waals surface area contributed by atoms with Gasteiger partial charge in [-0.3, -0.25) is 14.3 Å². The average molecular weight is 345 g/mol. The summed E-state index contributed by atoms with van der Waals surface area (Å²) < 4.78 is 2.36. The Morgan fingerprint density at radius 2 is 1.95 bits per heavy atom. The van der Waals surface area contributed by atoms with Gasteiger partial charge in [-0.15, -0.1) is 0 Å². The number of nitrogens with zero attached hydrogens (tertiary/aromatic N) is 1. The van der Waals surface area contributed by atoms with Crippen LogP contribution in [0.2, 0.25) is 5.02 Å². The van der Waals surface area contributed by atoms with Crippen LogP contribution in [-0.4, -0.2) is 16.1 Å². The van der Waals surface area contributed by atoms with Crippen molar-refractivity contribution in [3.05, 3.63) is 60.8 Å². The Morgan fingerprint density at radius 1 is 1.26 bits per heavy atom. The van der Waals surface area contributed by atoms with Crippen molar-refractivity contribution in [2.24, 2.45) is 0 Å². The van der Waals surface area contributed by atoms with Gasteiger partial charge >= 0.3 is 5.69 Å². The van der Waals surface area contributed by atoms with Crippen molar-refractivity contribution in [3.63, 3.8) is 0 Å². The first-order chi connectivity index (χ1) is 9.06. The first kappa shape index (κ1) is 13.9. The first-order valence-corrected chi connectivity index (χ1v) is 6.72. The molecular weight excluding hydrogens is 334 g/mol. The van der Waals surface area contributed by atoms with Gasteiger partial charge < -0.3 is 5.32 Å². The molecule has 0 radical (unpaired) electrons. The molecule has 1 aromatic heterocycles. The van der Waals surface area contributed by atoms with E-state index in [-0.39, 0.29) is 5.02 Å². The van der Waals surface area contributed by atoms with Gasteiger partial charge in [-0.1, -0.05) is 27.5 Å². The van der Waals surface area contributed by atoms with Crippen molar-refractivity contribution in [1.82, 2.24) is 9.55 Å². The molecule has 0 unspecified atom stereocenters. The van der Waals surface area contributed by atoms with Crippen LogP contribution < -0.4 is 16.6 Å². The second-order valence-electron chi connectivity index (χ2n) is 3.86. The van der Waals surface area contributed by atoms with E-state index < -0.39 is 11.2 Å². The van der Waals surface area contributed by atoms with Crippen molar-refractivity contribution < 1.29 is 0 Å². The average Bonchev–Trinajstić information content (AvgIpc) is 2.38. The van der Waals surface area contributed by atoms with Crippen LogP contribution >= 0.6 is 27.5 Å². The summed E-state index contributed by atoms with van der Waals surface area (Å²) in [6.07, 6.45) is 1.34. The van der Waals surface area contributed by atoms with Gasteiger partial charge in [0, 0.05) is 29.4 Å². The molecule has 0 saturated heterocycles. The van der Waals surface area contributed by atoms with Gasteiger partial charge in [0.2, 0.25) is 0 Å². The maximum Gasteiger partial charge on any atom is 0.328 e. The second kappa shape index (κ2) is 6.08. The maximum absolute atomic E-state index is 11.5. The third-order valence-corrected chi connectivity index (χ3v) is 3.29. The highest BCUT2D eigenvalue weighted by molar-refractivity contribution is 9.10. The van der Waals surface area contributed by atoms with Crippen molar-refractivity contribution in [2.75, 3.05) is 11.9 Å². The summed E-state index contributed by atoms with van der Waals surface area (Å²) in [5.74, 6) is 0. The van der Waals surface area contributed by atoms with Crippen LogP contribution in [0, 0.1) is 0 Å². The number of hydrogen-bond acceptors (Lipinski definition) is 3. The fourth-order valence-corrected chi connectivity index (χ4v) is 1.97. The molecule has 2 aromatic rings. The molecular formula is C12H11BrClN3O2. The normalized spacial score (nSPS) is 10.4. The summed E-state index contributed by atoms with van der Waals surface area (Å²) >= 11 is 9.02. The standard InChI is InChI=1S/C12H11BrClN3O2/c13-8-1-3-9(4-2-8)15-5-6-17-7-10(14)11(18)16-12(17)19/h1-4,7,15H,5-6H2,(H,16,18,19). The number of rotatable bonds is 4. The summed E-state index contributed by atoms with van der Waals surface area (Å²) in [5.41, 5.74) is -0.0810. The predicted molar refractivity (Wildman–Crippen MR) is 79.0 cm³/mol. The molecule has 0 fully saturated rings. The van der Waals surface area contributed by atoms with Gasteiger partial charge in [0.1, 0.15) is 5.02 Å². The van der Waals surface area contributed by atoms with E-state index in [4.69, 9.17) is 11.6 Å². The zero-order valence-corrected chi connectivity index (χ0v) is 12.2. The van der Waals surface area contributed by atoms with Crippen molar-refractivity contribution in [1.29, 1.82) is 0 Å². The van der Waals surface area contributed by atoms with Crippen LogP contribution in [0.3, 0.4) is 0 Å². The van der Waals surface area contributed by atoms with E-state index in [9.17, 15) is 9.59 Å². The van der Waals surface area contributed by atoms with Gasteiger partial charge in [0.25, 0.3) is 5.56 Å². The second-order valence-corrected chi connectivity index (χ2v) is 5.19. The van der Waals surface area contributed by atoms with Crippen LogP contribution in [0.4, 0.5) is 5.69 Å². The van der Waals surface area contributed by atoms with E-state index in [0.717, 1.165) is 10.2 Å². The molecule has 0 saturated carbocycles. The molecule has 1 aromatic carbocycles. The SMILES string of the molecule is O=c1[nH]c(=O)n(CCNc2ccc(Br)cc2)cc1Cl. The van der Waals surface area contributed by atoms with E-state index in [1.165, 1.54) is 10.8 Å². The molecule has 0 bridgehead atoms. The van der Waals surface area contributed by atoms with E-state index >= 15 is 0 Å². The van der Waals surface area contributed by atoms with E-state index in [1.54, 1.807) is 0 Å². The summed E-state index contributed by atoms with van der Waals surface area (Å²) in [6, 6.07) is 7.69. The third-order valence-electron chi connectivity index (χ3n) is 2.49. The summed E-state index contributed by atoms with van der Waals surface area (Å²) in [7, 11) is 0. The number of anilines is 1. The number of aromatic nitrogens is 2. The maximum atomic E-state index is 11.5. The van der Waals surface area contributed by atoms with E-state index in [2.05, 4.69) is 26.2 Å². The Morgan fingerprint density at radius 3 is 2.63 bits per heavy atom. The number of halogens is 2. The molecule has 5 nitrogen and oxygen atoms in total. The Kier molecular flexibility index (Phi) is 4.44. The Labute approximate surface area is 122 Å². The topological polar surface area (TPSA) is 66.9 Å². The van der Waals surface area contributed by atoms with Gasteiger partial charge in [0.05, 0.1) is 0 Å². The van der Waals surface area contributed by atoms with Gasteiger partial charge in [0.15, 0.2) is 0 Å². The summed E-state index contributed by atoms with van der Waals surface area (Å²) in [5, 5.41) is 3.17. The number of nitrogens with one attached hydrogen (secondary N) is 2. The molecule has 0 atom stereocenters. The number of H-pyrrole nitrogens is 1. The number of hydrogen-bond donors (Lipinski definition) is 2. The quantitative estimate of drug-likeness (QED) is 0.892. The van der Waals surface area contributed by atoms with Crippen LogP contribution in [0.15, 0.2) is 44.5 Å². The highest BCUT2D eigenvalue weighted by Crippen LogP contribution is 2.13. The van der Waals surface area contributed by atoms with Gasteiger partial charge in [-0.2, -0.15) is 0 Å². The summed E-state index contributed by atoms with van der Waals surface area (Å²) in [4.78, 5) is 24.7. The molecule has 2 N–H and O–H groups in total. The minimum atomic E-state index is -0.566. The zero-order chi connectivity index (χ0) is 13.8. The Balaban J connectivity index is 2.00. The molecule has 0 spiro atoms. The van der Waals surface area contributed by atoms with Crippen LogP contribution in [0.1, 0.15) is 0 Å². The Bertz CT molecular complexity index is 679. The zero-order valence-electron chi connectivity index (χ0n) is 9.82. The minimum absolute atomic E-state index is 0.00300. The number of benzene rings is 1. The highest BCUT2D eigenvalue weighted by atomic mass is 79.9. The molecule has 100 valence electrons. The van der Waals surface area contributed by atoms with Gasteiger partial charge in [-0.25, -0.2) is 4.79 Å². The molecule has 0 amide bonds. The third kappa shape index (κ3) is 3.71. The predicted octanol–water partition coefficient (Wildman–Crippen LogP) is 2.06. The largest absolute Gasteiger partial charge is 0.383 e. The summed E-state index contributed by atoms with van der Waals surface area (Å²) in [6.45, 7) is 0.954. The molecule has 1 heterocycles. The van der Waals surface area contributed by atoms with Crippen LogP contribution in [-0.2, 0) is 6.54 Å². The van der Waals surface area contributed by atoms with Gasteiger partial charge in [-0.05, 0) is 24.3 Å². The lowest BCUT2D eigenvalue weighted by Gasteiger charge is -2.08. The molecule has 2 rings (SSSR count). The number of aromatic amines is 1. The molecule has 19 heavy (non-hydrogen) atoms. The van der Waals surface area contributed by atoms with E-state index in [0.29, 0.717) is 13.1 Å². The molecule has 7 heteroatoms. The van der Waals surface area contributed by atoms with Crippen LogP contribution in [0.5, 0.6) is 0 Å². The lowest BCUT2D eigenvalue weighted by atomic mass is 10.3. The fourth-order valence-electron chi connectivity index (χ4n) is 1.54. The van der Waals surface area contributed by atoms with Crippen molar-refractivity contribution in [2.45, 2.75) is 6.54 Å². The smallest absolute Gasteiger partial charge is 0.328 e.